The van der Waals surface area contributed by atoms with Gasteiger partial charge in [-0.25, -0.2) is 4.98 Å². The van der Waals surface area contributed by atoms with Crippen molar-refractivity contribution in [2.75, 3.05) is 0 Å². The minimum absolute atomic E-state index is 0.254. The van der Waals surface area contributed by atoms with E-state index in [9.17, 15) is 5.11 Å². The van der Waals surface area contributed by atoms with Crippen molar-refractivity contribution >= 4 is 0 Å². The van der Waals surface area contributed by atoms with Gasteiger partial charge < -0.3 is 10.1 Å². The third-order valence-electron chi connectivity index (χ3n) is 1.62. The van der Waals surface area contributed by atoms with Crippen molar-refractivity contribution in [2.45, 2.75) is 0 Å². The lowest BCUT2D eigenvalue weighted by molar-refractivity contribution is 0.475. The summed E-state index contributed by atoms with van der Waals surface area (Å²) >= 11 is 0. The number of rotatable bonds is 1. The minimum Gasteiger partial charge on any atom is -0.508 e. The number of hydrogen-bond acceptors (Lipinski definition) is 2. The number of aromatic nitrogens is 2. The van der Waals surface area contributed by atoms with E-state index >= 15 is 0 Å². The second-order valence-corrected chi connectivity index (χ2v) is 2.49. The molecule has 3 heteroatoms. The number of nitrogens with one attached hydrogen (secondary N) is 1. The maximum Gasteiger partial charge on any atom is 0.137 e. The number of nitrogens with zero attached hydrogens (tertiary/aromatic N) is 1. The van der Waals surface area contributed by atoms with Gasteiger partial charge in [-0.05, 0) is 12.1 Å². The lowest BCUT2D eigenvalue weighted by atomic mass is 10.2. The van der Waals surface area contributed by atoms with E-state index in [1.54, 1.807) is 30.6 Å². The van der Waals surface area contributed by atoms with Gasteiger partial charge in [0.15, 0.2) is 0 Å². The van der Waals surface area contributed by atoms with Crippen LogP contribution in [0.1, 0.15) is 0 Å². The molecule has 12 heavy (non-hydrogen) atoms. The number of H-pyrrole nitrogens is 1. The van der Waals surface area contributed by atoms with Gasteiger partial charge in [0.25, 0.3) is 0 Å². The van der Waals surface area contributed by atoms with Crippen LogP contribution in [-0.4, -0.2) is 15.1 Å². The third-order valence-corrected chi connectivity index (χ3v) is 1.62. The molecule has 2 aromatic rings. The Labute approximate surface area is 69.7 Å². The predicted octanol–water partition coefficient (Wildman–Crippen LogP) is 1.78. The number of phenols is 1. The highest BCUT2D eigenvalue weighted by Gasteiger charge is 1.98. The van der Waals surface area contributed by atoms with Crippen molar-refractivity contribution in [3.8, 4) is 17.1 Å². The van der Waals surface area contributed by atoms with Crippen molar-refractivity contribution in [1.82, 2.24) is 9.97 Å². The van der Waals surface area contributed by atoms with E-state index in [0.29, 0.717) is 0 Å². The molecule has 0 aliphatic carbocycles. The zero-order chi connectivity index (χ0) is 8.39. The van der Waals surface area contributed by atoms with Crippen LogP contribution in [0.25, 0.3) is 11.4 Å². The van der Waals surface area contributed by atoms with Crippen LogP contribution in [0, 0.1) is 0 Å². The van der Waals surface area contributed by atoms with Crippen LogP contribution in [0.2, 0.25) is 0 Å². The molecule has 1 aromatic carbocycles. The smallest absolute Gasteiger partial charge is 0.137 e. The largest absolute Gasteiger partial charge is 0.508 e. The Morgan fingerprint density at radius 1 is 1.33 bits per heavy atom. The molecule has 1 heterocycles. The van der Waals surface area contributed by atoms with Crippen LogP contribution in [-0.2, 0) is 0 Å². The lowest BCUT2D eigenvalue weighted by Gasteiger charge is -1.96. The van der Waals surface area contributed by atoms with Gasteiger partial charge in [0, 0.05) is 18.0 Å². The van der Waals surface area contributed by atoms with Gasteiger partial charge in [-0.1, -0.05) is 12.1 Å². The molecular formula is C9H8N2O. The third kappa shape index (κ3) is 1.16. The molecule has 0 saturated carbocycles. The number of imidazole rings is 1. The minimum atomic E-state index is 0.254. The second kappa shape index (κ2) is 2.70. The number of aromatic hydroxyl groups is 1. The summed E-state index contributed by atoms with van der Waals surface area (Å²) in [6.45, 7) is 0. The summed E-state index contributed by atoms with van der Waals surface area (Å²) in [6.07, 6.45) is 3.43. The quantitative estimate of drug-likeness (QED) is 0.668. The molecule has 0 saturated heterocycles. The van der Waals surface area contributed by atoms with Crippen LogP contribution in [0.4, 0.5) is 0 Å². The molecule has 60 valence electrons. The first-order valence-electron chi connectivity index (χ1n) is 3.65. The summed E-state index contributed by atoms with van der Waals surface area (Å²) in [5.41, 5.74) is 0.889. The molecule has 0 aliphatic heterocycles. The molecule has 3 nitrogen and oxygen atoms in total. The van der Waals surface area contributed by atoms with Crippen LogP contribution in [0.3, 0.4) is 0 Å². The number of benzene rings is 1. The Bertz CT molecular complexity index is 368. The predicted molar refractivity (Wildman–Crippen MR) is 45.7 cm³/mol. The first-order valence-corrected chi connectivity index (χ1v) is 3.65. The highest BCUT2D eigenvalue weighted by atomic mass is 16.3. The van der Waals surface area contributed by atoms with Crippen molar-refractivity contribution in [3.63, 3.8) is 0 Å². The van der Waals surface area contributed by atoms with Gasteiger partial charge in [0.1, 0.15) is 11.6 Å². The molecule has 0 spiro atoms. The Morgan fingerprint density at radius 2 is 2.25 bits per heavy atom. The average Bonchev–Trinajstić information content (AvgIpc) is 2.56. The molecule has 2 N–H and O–H groups in total. The average molecular weight is 160 g/mol. The van der Waals surface area contributed by atoms with Crippen LogP contribution >= 0.6 is 0 Å². The van der Waals surface area contributed by atoms with E-state index in [1.807, 2.05) is 6.07 Å². The van der Waals surface area contributed by atoms with Gasteiger partial charge in [-0.2, -0.15) is 0 Å². The number of aromatic amines is 1. The molecule has 0 aliphatic rings. The van der Waals surface area contributed by atoms with E-state index < -0.39 is 0 Å². The van der Waals surface area contributed by atoms with E-state index in [1.165, 1.54) is 0 Å². The maximum atomic E-state index is 9.17. The van der Waals surface area contributed by atoms with Crippen LogP contribution in [0.5, 0.6) is 5.75 Å². The number of hydrogen-bond donors (Lipinski definition) is 2. The number of phenolic OH excluding ortho intramolecular Hbond substituents is 1. The lowest BCUT2D eigenvalue weighted by Crippen LogP contribution is -1.78. The normalized spacial score (nSPS) is 10.0. The highest BCUT2D eigenvalue weighted by molar-refractivity contribution is 5.56. The van der Waals surface area contributed by atoms with Crippen LogP contribution in [0.15, 0.2) is 36.7 Å². The molecule has 0 atom stereocenters. The van der Waals surface area contributed by atoms with Gasteiger partial charge in [-0.3, -0.25) is 0 Å². The van der Waals surface area contributed by atoms with E-state index in [-0.39, 0.29) is 5.75 Å². The topological polar surface area (TPSA) is 48.9 Å². The zero-order valence-corrected chi connectivity index (χ0v) is 6.36. The summed E-state index contributed by atoms with van der Waals surface area (Å²) < 4.78 is 0. The van der Waals surface area contributed by atoms with Crippen molar-refractivity contribution in [2.24, 2.45) is 0 Å². The molecular weight excluding hydrogens is 152 g/mol. The first kappa shape index (κ1) is 6.91. The standard InChI is InChI=1S/C9H8N2O/c12-8-3-1-2-7(6-8)9-10-4-5-11-9/h1-6,12H,(H,10,11). The monoisotopic (exact) mass is 160 g/mol. The Morgan fingerprint density at radius 3 is 2.92 bits per heavy atom. The molecule has 0 fully saturated rings. The Balaban J connectivity index is 2.48. The van der Waals surface area contributed by atoms with Gasteiger partial charge in [0.2, 0.25) is 0 Å². The van der Waals surface area contributed by atoms with Crippen molar-refractivity contribution in [1.29, 1.82) is 0 Å². The maximum absolute atomic E-state index is 9.17. The zero-order valence-electron chi connectivity index (χ0n) is 6.36. The van der Waals surface area contributed by atoms with Crippen molar-refractivity contribution in [3.05, 3.63) is 36.7 Å². The van der Waals surface area contributed by atoms with E-state index in [2.05, 4.69) is 9.97 Å². The summed E-state index contributed by atoms with van der Waals surface area (Å²) in [6, 6.07) is 6.97. The fourth-order valence-corrected chi connectivity index (χ4v) is 1.08. The molecule has 2 rings (SSSR count). The summed E-state index contributed by atoms with van der Waals surface area (Å²) in [4.78, 5) is 7.02. The molecule has 0 bridgehead atoms. The SMILES string of the molecule is Oc1cccc(-c2ncc[nH]2)c1. The Hall–Kier alpha value is -1.77. The highest BCUT2D eigenvalue weighted by Crippen LogP contribution is 2.18. The molecule has 1 aromatic heterocycles. The van der Waals surface area contributed by atoms with Crippen LogP contribution < -0.4 is 0 Å². The fraction of sp³-hybridized carbons (Fsp3) is 0. The van der Waals surface area contributed by atoms with Gasteiger partial charge in [0.05, 0.1) is 0 Å². The second-order valence-electron chi connectivity index (χ2n) is 2.49. The summed E-state index contributed by atoms with van der Waals surface area (Å²) in [5, 5.41) is 9.17. The van der Waals surface area contributed by atoms with E-state index in [4.69, 9.17) is 0 Å². The molecule has 0 radical (unpaired) electrons. The first-order chi connectivity index (χ1) is 5.86. The Kier molecular flexibility index (Phi) is 1.55. The van der Waals surface area contributed by atoms with Crippen molar-refractivity contribution < 1.29 is 5.11 Å². The fourth-order valence-electron chi connectivity index (χ4n) is 1.08. The molecule has 0 amide bonds. The van der Waals surface area contributed by atoms with Gasteiger partial charge in [-0.15, -0.1) is 0 Å². The summed E-state index contributed by atoms with van der Waals surface area (Å²) in [7, 11) is 0. The van der Waals surface area contributed by atoms with Gasteiger partial charge >= 0.3 is 0 Å². The summed E-state index contributed by atoms with van der Waals surface area (Å²) in [5.74, 6) is 1.02. The van der Waals surface area contributed by atoms with E-state index in [0.717, 1.165) is 11.4 Å². The molecule has 0 unspecified atom stereocenters.